The Labute approximate surface area is 165 Å². The Hall–Kier alpha value is -3.24. The molecule has 0 spiro atoms. The lowest BCUT2D eigenvalue weighted by Gasteiger charge is -2.22. The first-order valence-corrected chi connectivity index (χ1v) is 9.24. The van der Waals surface area contributed by atoms with Crippen LogP contribution in [0.3, 0.4) is 0 Å². The lowest BCUT2D eigenvalue weighted by molar-refractivity contribution is -0.119. The molecule has 0 bridgehead atoms. The van der Waals surface area contributed by atoms with Gasteiger partial charge in [0.15, 0.2) is 11.6 Å². The van der Waals surface area contributed by atoms with Gasteiger partial charge in [0.1, 0.15) is 11.8 Å². The van der Waals surface area contributed by atoms with Crippen molar-refractivity contribution in [1.82, 2.24) is 20.3 Å². The van der Waals surface area contributed by atoms with Gasteiger partial charge in [-0.15, -0.1) is 0 Å². The fraction of sp³-hybridized carbons (Fsp3) is 0.444. The maximum absolute atomic E-state index is 14.8. The average Bonchev–Trinajstić information content (AvgIpc) is 3.40. The van der Waals surface area contributed by atoms with E-state index in [0.29, 0.717) is 19.5 Å². The van der Waals surface area contributed by atoms with Crippen molar-refractivity contribution >= 4 is 23.4 Å². The number of nitrogens with one attached hydrogen (secondary N) is 1. The van der Waals surface area contributed by atoms with Gasteiger partial charge in [0.2, 0.25) is 5.91 Å². The van der Waals surface area contributed by atoms with Crippen molar-refractivity contribution in [1.29, 1.82) is 0 Å². The van der Waals surface area contributed by atoms with Crippen molar-refractivity contribution in [2.75, 3.05) is 36.0 Å². The zero-order valence-corrected chi connectivity index (χ0v) is 15.7. The number of rotatable bonds is 5. The maximum atomic E-state index is 14.8. The summed E-state index contributed by atoms with van der Waals surface area (Å²) in [5.74, 6) is -1.77. The molecule has 154 valence electrons. The summed E-state index contributed by atoms with van der Waals surface area (Å²) in [5.41, 5.74) is -0.0608. The number of carbonyl (C=O) groups is 2. The fourth-order valence-corrected chi connectivity index (χ4v) is 3.65. The molecule has 1 aromatic heterocycles. The lowest BCUT2D eigenvalue weighted by atomic mass is 10.2. The maximum Gasteiger partial charge on any atom is 0.414 e. The Morgan fingerprint density at radius 2 is 1.93 bits per heavy atom. The van der Waals surface area contributed by atoms with Crippen LogP contribution in [0.15, 0.2) is 24.5 Å². The molecule has 4 rings (SSSR count). The number of amides is 2. The van der Waals surface area contributed by atoms with E-state index in [-0.39, 0.29) is 36.4 Å². The molecule has 1 aromatic carbocycles. The van der Waals surface area contributed by atoms with Gasteiger partial charge in [0.25, 0.3) is 0 Å². The summed E-state index contributed by atoms with van der Waals surface area (Å²) in [6.07, 6.45) is 2.49. The summed E-state index contributed by atoms with van der Waals surface area (Å²) in [6, 6.07) is 2.19. The van der Waals surface area contributed by atoms with Gasteiger partial charge >= 0.3 is 6.09 Å². The van der Waals surface area contributed by atoms with Crippen LogP contribution in [0.5, 0.6) is 0 Å². The van der Waals surface area contributed by atoms with Gasteiger partial charge in [-0.25, -0.2) is 13.6 Å². The molecule has 2 fully saturated rings. The summed E-state index contributed by atoms with van der Waals surface area (Å²) in [4.78, 5) is 27.4. The van der Waals surface area contributed by atoms with Crippen molar-refractivity contribution in [3.8, 4) is 0 Å². The summed E-state index contributed by atoms with van der Waals surface area (Å²) in [7, 11) is 0. The van der Waals surface area contributed by atoms with Gasteiger partial charge in [-0.05, 0) is 6.42 Å². The number of ether oxygens (including phenoxy) is 1. The van der Waals surface area contributed by atoms with Gasteiger partial charge < -0.3 is 15.0 Å². The number of carbonyl (C=O) groups excluding carboxylic acids is 2. The van der Waals surface area contributed by atoms with Crippen molar-refractivity contribution < 1.29 is 23.1 Å². The second-order valence-corrected chi connectivity index (χ2v) is 7.05. The van der Waals surface area contributed by atoms with Crippen LogP contribution in [-0.4, -0.2) is 59.3 Å². The minimum Gasteiger partial charge on any atom is -0.442 e. The van der Waals surface area contributed by atoms with Crippen LogP contribution in [0.25, 0.3) is 0 Å². The molecule has 0 saturated carbocycles. The van der Waals surface area contributed by atoms with Gasteiger partial charge in [-0.3, -0.25) is 9.69 Å². The van der Waals surface area contributed by atoms with Crippen LogP contribution in [0, 0.1) is 11.6 Å². The summed E-state index contributed by atoms with van der Waals surface area (Å²) >= 11 is 0. The third kappa shape index (κ3) is 3.84. The first kappa shape index (κ1) is 19.1. The number of nitrogens with zero attached hydrogens (tertiary/aromatic N) is 5. The monoisotopic (exact) mass is 406 g/mol. The number of benzene rings is 1. The van der Waals surface area contributed by atoms with Gasteiger partial charge in [-0.2, -0.15) is 15.0 Å². The third-order valence-electron chi connectivity index (χ3n) is 5.01. The number of anilines is 2. The quantitative estimate of drug-likeness (QED) is 0.809. The van der Waals surface area contributed by atoms with Crippen LogP contribution in [0.1, 0.15) is 19.4 Å². The molecule has 3 heterocycles. The minimum absolute atomic E-state index is 0.0634. The Kier molecular flexibility index (Phi) is 5.03. The predicted octanol–water partition coefficient (Wildman–Crippen LogP) is 1.47. The second kappa shape index (κ2) is 7.64. The Bertz CT molecular complexity index is 899. The third-order valence-corrected chi connectivity index (χ3v) is 5.01. The highest BCUT2D eigenvalue weighted by atomic mass is 19.1. The van der Waals surface area contributed by atoms with E-state index in [0.717, 1.165) is 17.0 Å². The summed E-state index contributed by atoms with van der Waals surface area (Å²) < 4.78 is 34.8. The molecule has 0 aliphatic carbocycles. The molecule has 1 N–H and O–H groups in total. The van der Waals surface area contributed by atoms with Gasteiger partial charge in [0.05, 0.1) is 37.2 Å². The first-order chi connectivity index (χ1) is 13.9. The number of hydrogen-bond acceptors (Lipinski definition) is 6. The zero-order valence-electron chi connectivity index (χ0n) is 15.7. The fourth-order valence-electron chi connectivity index (χ4n) is 3.65. The molecular formula is C18H20F2N6O3. The van der Waals surface area contributed by atoms with E-state index < -0.39 is 23.8 Å². The highest BCUT2D eigenvalue weighted by Crippen LogP contribution is 2.34. The van der Waals surface area contributed by atoms with Crippen molar-refractivity contribution in [3.63, 3.8) is 0 Å². The van der Waals surface area contributed by atoms with E-state index in [1.54, 1.807) is 22.1 Å². The molecule has 2 aliphatic heterocycles. The first-order valence-electron chi connectivity index (χ1n) is 9.24. The van der Waals surface area contributed by atoms with E-state index in [9.17, 15) is 18.4 Å². The van der Waals surface area contributed by atoms with E-state index in [1.165, 1.54) is 6.92 Å². The topological polar surface area (TPSA) is 92.6 Å². The SMILES string of the molecule is CC(=O)NCC1CN(c2cc(F)c(N3CCC(n4nccn4)C3)c(F)c2)C(=O)O1. The summed E-state index contributed by atoms with van der Waals surface area (Å²) in [5, 5.41) is 10.7. The van der Waals surface area contributed by atoms with Crippen LogP contribution in [0.2, 0.25) is 0 Å². The lowest BCUT2D eigenvalue weighted by Crippen LogP contribution is -2.33. The van der Waals surface area contributed by atoms with Crippen molar-refractivity contribution in [2.45, 2.75) is 25.5 Å². The molecular weight excluding hydrogens is 386 g/mol. The molecule has 9 nitrogen and oxygen atoms in total. The molecule has 11 heteroatoms. The molecule has 2 unspecified atom stereocenters. The number of hydrogen-bond donors (Lipinski definition) is 1. The number of halogens is 2. The normalized spacial score (nSPS) is 21.6. The van der Waals surface area contributed by atoms with Crippen LogP contribution < -0.4 is 15.1 Å². The molecule has 0 radical (unpaired) electrons. The van der Waals surface area contributed by atoms with Crippen LogP contribution >= 0.6 is 0 Å². The smallest absolute Gasteiger partial charge is 0.414 e. The zero-order chi connectivity index (χ0) is 20.5. The van der Waals surface area contributed by atoms with E-state index in [1.807, 2.05) is 0 Å². The Balaban J connectivity index is 1.49. The molecule has 29 heavy (non-hydrogen) atoms. The Morgan fingerprint density at radius 1 is 1.24 bits per heavy atom. The van der Waals surface area contributed by atoms with Crippen LogP contribution in [0.4, 0.5) is 25.0 Å². The molecule has 2 aliphatic rings. The van der Waals surface area contributed by atoms with E-state index in [2.05, 4.69) is 15.5 Å². The van der Waals surface area contributed by atoms with Crippen molar-refractivity contribution in [2.24, 2.45) is 0 Å². The molecule has 2 atom stereocenters. The van der Waals surface area contributed by atoms with E-state index in [4.69, 9.17) is 4.74 Å². The van der Waals surface area contributed by atoms with Gasteiger partial charge in [-0.1, -0.05) is 0 Å². The largest absolute Gasteiger partial charge is 0.442 e. The number of aromatic nitrogens is 3. The average molecular weight is 406 g/mol. The van der Waals surface area contributed by atoms with Gasteiger partial charge in [0, 0.05) is 32.1 Å². The molecule has 2 saturated heterocycles. The van der Waals surface area contributed by atoms with Crippen molar-refractivity contribution in [3.05, 3.63) is 36.2 Å². The minimum atomic E-state index is -0.757. The molecule has 2 amide bonds. The second-order valence-electron chi connectivity index (χ2n) is 7.05. The molecule has 2 aromatic rings. The standard InChI is InChI=1S/C18H20F2N6O3/c1-11(27)21-8-14-10-25(18(28)29-14)13-6-15(19)17(16(20)7-13)24-5-2-12(9-24)26-22-3-4-23-26/h3-4,6-7,12,14H,2,5,8-10H2,1H3,(H,21,27). The van der Waals surface area contributed by atoms with Crippen LogP contribution in [-0.2, 0) is 9.53 Å². The highest BCUT2D eigenvalue weighted by molar-refractivity contribution is 5.90. The van der Waals surface area contributed by atoms with E-state index >= 15 is 0 Å². The Morgan fingerprint density at radius 3 is 2.59 bits per heavy atom. The predicted molar refractivity (Wildman–Crippen MR) is 98.5 cm³/mol. The highest BCUT2D eigenvalue weighted by Gasteiger charge is 2.34. The summed E-state index contributed by atoms with van der Waals surface area (Å²) in [6.45, 7) is 2.42. The number of cyclic esters (lactones) is 1.